The summed E-state index contributed by atoms with van der Waals surface area (Å²) < 4.78 is 0. The van der Waals surface area contributed by atoms with Crippen LogP contribution in [0.2, 0.25) is 5.02 Å². The fourth-order valence-electron chi connectivity index (χ4n) is 2.49. The summed E-state index contributed by atoms with van der Waals surface area (Å²) in [5.41, 5.74) is 1.36. The minimum Gasteiger partial charge on any atom is -0.354 e. The summed E-state index contributed by atoms with van der Waals surface area (Å²) in [5.74, 6) is 0.0789. The fraction of sp³-hybridized carbons (Fsp3) is 0.263. The summed E-state index contributed by atoms with van der Waals surface area (Å²) in [6, 6.07) is 13.7. The smallest absolute Gasteiger partial charge is 0.242 e. The summed E-state index contributed by atoms with van der Waals surface area (Å²) in [7, 11) is 0. The van der Waals surface area contributed by atoms with E-state index in [0.29, 0.717) is 34.2 Å². The van der Waals surface area contributed by atoms with Crippen molar-refractivity contribution in [3.63, 3.8) is 0 Å². The maximum Gasteiger partial charge on any atom is 0.242 e. The average Bonchev–Trinajstić information content (AvgIpc) is 3.43. The number of benzene rings is 2. The first-order valence-electron chi connectivity index (χ1n) is 7.87. The molecule has 0 radical (unpaired) electrons. The summed E-state index contributed by atoms with van der Waals surface area (Å²) in [4.78, 5) is 25.1. The lowest BCUT2D eigenvalue weighted by molar-refractivity contribution is -0.120. The van der Waals surface area contributed by atoms with Crippen LogP contribution in [-0.4, -0.2) is 18.2 Å². The van der Waals surface area contributed by atoms with Gasteiger partial charge in [-0.1, -0.05) is 48.0 Å². The quantitative estimate of drug-likeness (QED) is 0.612. The Morgan fingerprint density at radius 2 is 1.83 bits per heavy atom. The number of nitrogens with one attached hydrogen (secondary N) is 1. The highest BCUT2D eigenvalue weighted by Gasteiger charge is 2.27. The molecule has 0 aliphatic heterocycles. The average molecular weight is 362 g/mol. The number of carbonyl (C=O) groups is 2. The predicted octanol–water partition coefficient (Wildman–Crippen LogP) is 4.38. The minimum absolute atomic E-state index is 0.200. The highest BCUT2D eigenvalue weighted by Crippen LogP contribution is 2.30. The van der Waals surface area contributed by atoms with Gasteiger partial charge in [-0.05, 0) is 36.5 Å². The molecule has 1 saturated carbocycles. The zero-order valence-electron chi connectivity index (χ0n) is 13.0. The predicted molar refractivity (Wildman–Crippen MR) is 95.7 cm³/mol. The van der Waals surface area contributed by atoms with Crippen molar-refractivity contribution in [3.05, 3.63) is 70.2 Å². The number of rotatable bonds is 6. The van der Waals surface area contributed by atoms with E-state index in [1.165, 1.54) is 0 Å². The molecule has 3 nitrogen and oxygen atoms in total. The zero-order chi connectivity index (χ0) is 17.1. The number of hydrogen-bond acceptors (Lipinski definition) is 2. The van der Waals surface area contributed by atoms with Crippen LogP contribution in [0.5, 0.6) is 0 Å². The third-order valence-corrected chi connectivity index (χ3v) is 4.73. The Hall–Kier alpha value is -1.84. The standard InChI is InChI=1S/C19H17Cl2NO2/c20-14-8-9-15(17(21)19(24)22-11-12-6-7-12)16(10-14)18(23)13-4-2-1-3-5-13/h1-5,8-10,12,17H,6-7,11H2,(H,22,24). The van der Waals surface area contributed by atoms with Crippen LogP contribution in [0, 0.1) is 5.92 Å². The molecule has 0 bridgehead atoms. The Morgan fingerprint density at radius 3 is 2.50 bits per heavy atom. The topological polar surface area (TPSA) is 46.2 Å². The molecule has 0 heterocycles. The highest BCUT2D eigenvalue weighted by atomic mass is 35.5. The number of ketones is 1. The van der Waals surface area contributed by atoms with E-state index in [0.717, 1.165) is 12.8 Å². The van der Waals surface area contributed by atoms with Gasteiger partial charge in [0, 0.05) is 22.7 Å². The van der Waals surface area contributed by atoms with Crippen LogP contribution in [0.25, 0.3) is 0 Å². The maximum absolute atomic E-state index is 12.8. The van der Waals surface area contributed by atoms with Crippen LogP contribution in [0.15, 0.2) is 48.5 Å². The molecule has 1 fully saturated rings. The van der Waals surface area contributed by atoms with Crippen molar-refractivity contribution in [2.45, 2.75) is 18.2 Å². The second-order valence-electron chi connectivity index (χ2n) is 5.98. The molecule has 3 rings (SSSR count). The molecule has 1 N–H and O–H groups in total. The fourth-order valence-corrected chi connectivity index (χ4v) is 2.93. The Kier molecular flexibility index (Phi) is 5.22. The van der Waals surface area contributed by atoms with Crippen LogP contribution in [0.1, 0.15) is 39.7 Å². The third kappa shape index (κ3) is 3.97. The summed E-state index contributed by atoms with van der Waals surface area (Å²) in [5, 5.41) is 2.35. The number of halogens is 2. The number of amides is 1. The van der Waals surface area contributed by atoms with E-state index in [1.807, 2.05) is 6.07 Å². The van der Waals surface area contributed by atoms with Gasteiger partial charge in [0.1, 0.15) is 5.38 Å². The molecule has 0 spiro atoms. The first-order valence-corrected chi connectivity index (χ1v) is 8.68. The van der Waals surface area contributed by atoms with Gasteiger partial charge in [-0.2, -0.15) is 0 Å². The van der Waals surface area contributed by atoms with E-state index in [2.05, 4.69) is 5.32 Å². The molecule has 2 aromatic carbocycles. The van der Waals surface area contributed by atoms with Crippen molar-refractivity contribution in [1.82, 2.24) is 5.32 Å². The maximum atomic E-state index is 12.8. The van der Waals surface area contributed by atoms with E-state index < -0.39 is 5.38 Å². The second kappa shape index (κ2) is 7.37. The van der Waals surface area contributed by atoms with E-state index in [9.17, 15) is 9.59 Å². The van der Waals surface area contributed by atoms with Gasteiger partial charge in [0.15, 0.2) is 5.78 Å². The van der Waals surface area contributed by atoms with Crippen LogP contribution in [0.4, 0.5) is 0 Å². The van der Waals surface area contributed by atoms with E-state index >= 15 is 0 Å². The van der Waals surface area contributed by atoms with Crippen molar-refractivity contribution < 1.29 is 9.59 Å². The van der Waals surface area contributed by atoms with Crippen molar-refractivity contribution in [2.24, 2.45) is 5.92 Å². The van der Waals surface area contributed by atoms with E-state index in [1.54, 1.807) is 42.5 Å². The van der Waals surface area contributed by atoms with Crippen molar-refractivity contribution in [1.29, 1.82) is 0 Å². The largest absolute Gasteiger partial charge is 0.354 e. The van der Waals surface area contributed by atoms with E-state index in [-0.39, 0.29) is 11.7 Å². The summed E-state index contributed by atoms with van der Waals surface area (Å²) in [6.45, 7) is 0.637. The lowest BCUT2D eigenvalue weighted by atomic mass is 9.96. The number of carbonyl (C=O) groups excluding carboxylic acids is 2. The van der Waals surface area contributed by atoms with Gasteiger partial charge in [0.2, 0.25) is 5.91 Å². The number of hydrogen-bond donors (Lipinski definition) is 1. The second-order valence-corrected chi connectivity index (χ2v) is 6.85. The molecule has 1 atom stereocenters. The molecule has 0 aromatic heterocycles. The van der Waals surface area contributed by atoms with Crippen LogP contribution in [-0.2, 0) is 4.79 Å². The van der Waals surface area contributed by atoms with Gasteiger partial charge in [-0.25, -0.2) is 0 Å². The molecular formula is C19H17Cl2NO2. The van der Waals surface area contributed by atoms with Crippen LogP contribution in [0.3, 0.4) is 0 Å². The van der Waals surface area contributed by atoms with Gasteiger partial charge < -0.3 is 5.32 Å². The molecule has 24 heavy (non-hydrogen) atoms. The Balaban J connectivity index is 1.87. The summed E-state index contributed by atoms with van der Waals surface area (Å²) >= 11 is 12.4. The zero-order valence-corrected chi connectivity index (χ0v) is 14.5. The molecule has 2 aromatic rings. The Morgan fingerprint density at radius 1 is 1.12 bits per heavy atom. The normalized spacial score (nSPS) is 14.9. The SMILES string of the molecule is O=C(c1ccccc1)c1cc(Cl)ccc1C(Cl)C(=O)NCC1CC1. The molecule has 0 saturated heterocycles. The molecule has 5 heteroatoms. The van der Waals surface area contributed by atoms with Crippen LogP contribution >= 0.6 is 23.2 Å². The lowest BCUT2D eigenvalue weighted by Crippen LogP contribution is -2.29. The van der Waals surface area contributed by atoms with Crippen molar-refractivity contribution in [3.8, 4) is 0 Å². The lowest BCUT2D eigenvalue weighted by Gasteiger charge is -2.15. The first kappa shape index (κ1) is 17.0. The molecule has 1 unspecified atom stereocenters. The molecular weight excluding hydrogens is 345 g/mol. The number of alkyl halides is 1. The van der Waals surface area contributed by atoms with Crippen molar-refractivity contribution >= 4 is 34.9 Å². The van der Waals surface area contributed by atoms with Gasteiger partial charge in [0.25, 0.3) is 0 Å². The van der Waals surface area contributed by atoms with Gasteiger partial charge in [-0.3, -0.25) is 9.59 Å². The van der Waals surface area contributed by atoms with Gasteiger partial charge >= 0.3 is 0 Å². The van der Waals surface area contributed by atoms with Crippen LogP contribution < -0.4 is 5.32 Å². The monoisotopic (exact) mass is 361 g/mol. The Bertz CT molecular complexity index is 757. The summed E-state index contributed by atoms with van der Waals surface area (Å²) in [6.07, 6.45) is 2.29. The Labute approximate surface area is 151 Å². The minimum atomic E-state index is -0.927. The molecule has 1 aliphatic rings. The molecule has 1 aliphatic carbocycles. The molecule has 1 amide bonds. The van der Waals surface area contributed by atoms with Gasteiger partial charge in [-0.15, -0.1) is 11.6 Å². The van der Waals surface area contributed by atoms with Crippen molar-refractivity contribution in [2.75, 3.05) is 6.54 Å². The first-order chi connectivity index (χ1) is 11.6. The third-order valence-electron chi connectivity index (χ3n) is 4.06. The van der Waals surface area contributed by atoms with E-state index in [4.69, 9.17) is 23.2 Å². The van der Waals surface area contributed by atoms with Gasteiger partial charge in [0.05, 0.1) is 0 Å². The molecule has 124 valence electrons. The highest BCUT2D eigenvalue weighted by molar-refractivity contribution is 6.33.